The van der Waals surface area contributed by atoms with Gasteiger partial charge in [-0.05, 0) is 12.6 Å². The third-order valence-electron chi connectivity index (χ3n) is 3.52. The maximum absolute atomic E-state index is 11.7. The molecule has 1 N–H and O–H groups in total. The molecule has 2 unspecified atom stereocenters. The largest absolute Gasteiger partial charge is 0.469 e. The summed E-state index contributed by atoms with van der Waals surface area (Å²) in [6.45, 7) is 2.52. The van der Waals surface area contributed by atoms with Crippen LogP contribution in [-0.4, -0.2) is 44.2 Å². The van der Waals surface area contributed by atoms with Crippen LogP contribution in [-0.2, 0) is 16.1 Å². The fraction of sp³-hybridized carbons (Fsp3) is 0.500. The highest BCUT2D eigenvalue weighted by Gasteiger charge is 2.37. The molecule has 1 saturated heterocycles. The molecule has 1 aliphatic rings. The lowest BCUT2D eigenvalue weighted by molar-refractivity contribution is -0.145. The SMILES string of the molecule is CNC1CN(Cc2ccccc2)CC1C(=O)OC. The Labute approximate surface area is 108 Å². The fourth-order valence-corrected chi connectivity index (χ4v) is 2.54. The fourth-order valence-electron chi connectivity index (χ4n) is 2.54. The molecule has 1 aromatic rings. The summed E-state index contributed by atoms with van der Waals surface area (Å²) in [7, 11) is 3.35. The first kappa shape index (κ1) is 13.1. The van der Waals surface area contributed by atoms with E-state index in [4.69, 9.17) is 4.74 Å². The Hall–Kier alpha value is -1.39. The molecule has 0 aromatic heterocycles. The summed E-state index contributed by atoms with van der Waals surface area (Å²) in [6.07, 6.45) is 0. The average molecular weight is 248 g/mol. The Morgan fingerprint density at radius 3 is 2.72 bits per heavy atom. The van der Waals surface area contributed by atoms with Crippen LogP contribution in [0.15, 0.2) is 30.3 Å². The number of rotatable bonds is 4. The molecule has 1 fully saturated rings. The van der Waals surface area contributed by atoms with E-state index in [2.05, 4.69) is 22.3 Å². The predicted molar refractivity (Wildman–Crippen MR) is 70.1 cm³/mol. The van der Waals surface area contributed by atoms with E-state index >= 15 is 0 Å². The number of hydrogen-bond donors (Lipinski definition) is 1. The van der Waals surface area contributed by atoms with Crippen LogP contribution in [0.5, 0.6) is 0 Å². The first-order valence-corrected chi connectivity index (χ1v) is 6.26. The maximum Gasteiger partial charge on any atom is 0.311 e. The van der Waals surface area contributed by atoms with E-state index in [0.717, 1.165) is 19.6 Å². The van der Waals surface area contributed by atoms with E-state index in [9.17, 15) is 4.79 Å². The van der Waals surface area contributed by atoms with Crippen molar-refractivity contribution in [3.63, 3.8) is 0 Å². The van der Waals surface area contributed by atoms with Gasteiger partial charge in [-0.15, -0.1) is 0 Å². The van der Waals surface area contributed by atoms with Gasteiger partial charge in [-0.3, -0.25) is 9.69 Å². The lowest BCUT2D eigenvalue weighted by atomic mass is 10.0. The van der Waals surface area contributed by atoms with Gasteiger partial charge in [0.05, 0.1) is 13.0 Å². The summed E-state index contributed by atoms with van der Waals surface area (Å²) in [5.41, 5.74) is 1.28. The Morgan fingerprint density at radius 1 is 1.39 bits per heavy atom. The number of methoxy groups -OCH3 is 1. The minimum atomic E-state index is -0.120. The molecule has 2 atom stereocenters. The molecule has 0 spiro atoms. The van der Waals surface area contributed by atoms with E-state index in [0.29, 0.717) is 0 Å². The van der Waals surface area contributed by atoms with Gasteiger partial charge >= 0.3 is 5.97 Å². The van der Waals surface area contributed by atoms with E-state index < -0.39 is 0 Å². The number of carbonyl (C=O) groups is 1. The number of esters is 1. The van der Waals surface area contributed by atoms with Gasteiger partial charge in [-0.1, -0.05) is 30.3 Å². The molecule has 2 rings (SSSR count). The van der Waals surface area contributed by atoms with Gasteiger partial charge in [0.1, 0.15) is 0 Å². The van der Waals surface area contributed by atoms with Gasteiger partial charge in [0, 0.05) is 25.7 Å². The zero-order valence-corrected chi connectivity index (χ0v) is 10.9. The molecule has 0 saturated carbocycles. The molecule has 4 heteroatoms. The average Bonchev–Trinajstić information content (AvgIpc) is 2.82. The van der Waals surface area contributed by atoms with Crippen LogP contribution >= 0.6 is 0 Å². The molecule has 1 aromatic carbocycles. The molecule has 1 aliphatic heterocycles. The van der Waals surface area contributed by atoms with Crippen LogP contribution in [0.25, 0.3) is 0 Å². The summed E-state index contributed by atoms with van der Waals surface area (Å²) in [4.78, 5) is 14.0. The molecule has 98 valence electrons. The lowest BCUT2D eigenvalue weighted by Gasteiger charge is -2.15. The zero-order valence-electron chi connectivity index (χ0n) is 10.9. The molecule has 4 nitrogen and oxygen atoms in total. The number of carbonyl (C=O) groups excluding carboxylic acids is 1. The quantitative estimate of drug-likeness (QED) is 0.803. The van der Waals surface area contributed by atoms with E-state index in [1.807, 2.05) is 25.2 Å². The number of hydrogen-bond acceptors (Lipinski definition) is 4. The van der Waals surface area contributed by atoms with E-state index in [1.165, 1.54) is 12.7 Å². The van der Waals surface area contributed by atoms with Crippen molar-refractivity contribution in [2.75, 3.05) is 27.2 Å². The second-order valence-electron chi connectivity index (χ2n) is 4.70. The zero-order chi connectivity index (χ0) is 13.0. The Balaban J connectivity index is 1.99. The Morgan fingerprint density at radius 2 is 2.11 bits per heavy atom. The highest BCUT2D eigenvalue weighted by molar-refractivity contribution is 5.74. The van der Waals surface area contributed by atoms with Crippen LogP contribution in [0, 0.1) is 5.92 Å². The van der Waals surface area contributed by atoms with Gasteiger partial charge in [0.2, 0.25) is 0 Å². The molecule has 0 aliphatic carbocycles. The smallest absolute Gasteiger partial charge is 0.311 e. The van der Waals surface area contributed by atoms with Crippen molar-refractivity contribution in [3.05, 3.63) is 35.9 Å². The molecule has 0 amide bonds. The van der Waals surface area contributed by atoms with Gasteiger partial charge in [0.15, 0.2) is 0 Å². The van der Waals surface area contributed by atoms with Crippen LogP contribution < -0.4 is 5.32 Å². The van der Waals surface area contributed by atoms with Crippen LogP contribution in [0.2, 0.25) is 0 Å². The van der Waals surface area contributed by atoms with Crippen molar-refractivity contribution >= 4 is 5.97 Å². The number of likely N-dealkylation sites (tertiary alicyclic amines) is 1. The third kappa shape index (κ3) is 2.89. The van der Waals surface area contributed by atoms with Crippen molar-refractivity contribution in [1.82, 2.24) is 10.2 Å². The topological polar surface area (TPSA) is 41.6 Å². The Bertz CT molecular complexity index is 394. The van der Waals surface area contributed by atoms with E-state index in [-0.39, 0.29) is 17.9 Å². The molecule has 0 radical (unpaired) electrons. The highest BCUT2D eigenvalue weighted by Crippen LogP contribution is 2.20. The minimum Gasteiger partial charge on any atom is -0.469 e. The first-order chi connectivity index (χ1) is 8.74. The number of likely N-dealkylation sites (N-methyl/N-ethyl adjacent to an activating group) is 1. The Kier molecular flexibility index (Phi) is 4.33. The summed E-state index contributed by atoms with van der Waals surface area (Å²) < 4.78 is 4.86. The number of nitrogens with one attached hydrogen (secondary N) is 1. The first-order valence-electron chi connectivity index (χ1n) is 6.26. The van der Waals surface area contributed by atoms with Crippen LogP contribution in [0.4, 0.5) is 0 Å². The summed E-state index contributed by atoms with van der Waals surface area (Å²) in [6, 6.07) is 10.5. The third-order valence-corrected chi connectivity index (χ3v) is 3.52. The summed E-state index contributed by atoms with van der Waals surface area (Å²) >= 11 is 0. The molecular weight excluding hydrogens is 228 g/mol. The van der Waals surface area contributed by atoms with Gasteiger partial charge in [-0.2, -0.15) is 0 Å². The monoisotopic (exact) mass is 248 g/mol. The van der Waals surface area contributed by atoms with Crippen molar-refractivity contribution in [2.45, 2.75) is 12.6 Å². The van der Waals surface area contributed by atoms with Crippen molar-refractivity contribution in [2.24, 2.45) is 5.92 Å². The lowest BCUT2D eigenvalue weighted by Crippen LogP contribution is -2.37. The van der Waals surface area contributed by atoms with Crippen LogP contribution in [0.1, 0.15) is 5.56 Å². The predicted octanol–water partition coefficient (Wildman–Crippen LogP) is 0.879. The van der Waals surface area contributed by atoms with Crippen molar-refractivity contribution in [1.29, 1.82) is 0 Å². The normalized spacial score (nSPS) is 24.1. The number of nitrogens with zero attached hydrogens (tertiary/aromatic N) is 1. The number of benzene rings is 1. The molecule has 18 heavy (non-hydrogen) atoms. The molecular formula is C14H20N2O2. The second-order valence-corrected chi connectivity index (χ2v) is 4.70. The van der Waals surface area contributed by atoms with E-state index in [1.54, 1.807) is 0 Å². The summed E-state index contributed by atoms with van der Waals surface area (Å²) in [5.74, 6) is -0.186. The second kappa shape index (κ2) is 5.98. The van der Waals surface area contributed by atoms with Crippen molar-refractivity contribution < 1.29 is 9.53 Å². The highest BCUT2D eigenvalue weighted by atomic mass is 16.5. The van der Waals surface area contributed by atoms with Crippen molar-refractivity contribution in [3.8, 4) is 0 Å². The van der Waals surface area contributed by atoms with Crippen LogP contribution in [0.3, 0.4) is 0 Å². The minimum absolute atomic E-state index is 0.0660. The molecule has 0 bridgehead atoms. The summed E-state index contributed by atoms with van der Waals surface area (Å²) in [5, 5.41) is 3.20. The maximum atomic E-state index is 11.7. The van der Waals surface area contributed by atoms with Gasteiger partial charge in [0.25, 0.3) is 0 Å². The standard InChI is InChI=1S/C14H20N2O2/c1-15-13-10-16(9-12(13)14(17)18-2)8-11-6-4-3-5-7-11/h3-7,12-13,15H,8-10H2,1-2H3. The van der Waals surface area contributed by atoms with Gasteiger partial charge < -0.3 is 10.1 Å². The van der Waals surface area contributed by atoms with Gasteiger partial charge in [-0.25, -0.2) is 0 Å². The number of ether oxygens (including phenoxy) is 1. The molecule has 1 heterocycles.